The number of hydrogen-bond acceptors (Lipinski definition) is 3. The summed E-state index contributed by atoms with van der Waals surface area (Å²) in [5, 5.41) is 11.9. The third-order valence-electron chi connectivity index (χ3n) is 15.6. The molecule has 0 saturated carbocycles. The number of fused-ring (bicyclic) bond motifs is 14. The zero-order valence-electron chi connectivity index (χ0n) is 39.7. The lowest BCUT2D eigenvalue weighted by molar-refractivity contribution is 0.660. The molecule has 0 saturated heterocycles. The van der Waals surface area contributed by atoms with E-state index in [-0.39, 0.29) is 5.41 Å². The van der Waals surface area contributed by atoms with E-state index in [1.165, 1.54) is 87.6 Å². The van der Waals surface area contributed by atoms with E-state index >= 15 is 0 Å². The Morgan fingerprint density at radius 3 is 1.60 bits per heavy atom. The number of para-hydroxylation sites is 2. The minimum Gasteiger partial charge on any atom is -0.309 e. The normalized spacial score (nSPS) is 13.0. The first kappa shape index (κ1) is 40.6. The molecule has 4 heterocycles. The van der Waals surface area contributed by atoms with Crippen molar-refractivity contribution in [1.82, 2.24) is 19.5 Å². The minimum atomic E-state index is -0.0821. The van der Waals surface area contributed by atoms with Gasteiger partial charge >= 0.3 is 0 Å². The van der Waals surface area contributed by atoms with Gasteiger partial charge in [0.15, 0.2) is 0 Å². The predicted molar refractivity (Wildman–Crippen MR) is 301 cm³/mol. The third-order valence-corrected chi connectivity index (χ3v) is 15.6. The standard InChI is InChI=1S/C68H44N4/c1-68(2)60-25-9-8-22-51(60)52-30-27-46(36-61(52)68)45-26-29-50-55(34-45)48-20-6-7-21-49(48)56-39-59-58-35-44(41-14-4-3-5-15-41)28-31-64(58)72(65(59)40-57(50)56)47-37-62(53-23-10-16-42-18-12-32-69-66(42)53)71-63(38-47)54-24-11-17-43-19-13-33-70-67(43)54/h3-40H,1-2H3. The van der Waals surface area contributed by atoms with Crippen molar-refractivity contribution in [2.75, 3.05) is 0 Å². The first-order chi connectivity index (χ1) is 35.4. The second-order valence-electron chi connectivity index (χ2n) is 19.9. The van der Waals surface area contributed by atoms with Gasteiger partial charge in [0, 0.05) is 50.5 Å². The van der Waals surface area contributed by atoms with E-state index in [1.54, 1.807) is 0 Å². The van der Waals surface area contributed by atoms with Gasteiger partial charge in [0.2, 0.25) is 0 Å². The summed E-state index contributed by atoms with van der Waals surface area (Å²) in [5.74, 6) is 0. The Morgan fingerprint density at radius 1 is 0.333 bits per heavy atom. The van der Waals surface area contributed by atoms with Crippen LogP contribution in [0.1, 0.15) is 25.0 Å². The molecule has 72 heavy (non-hydrogen) atoms. The van der Waals surface area contributed by atoms with Crippen LogP contribution in [0.3, 0.4) is 0 Å². The Morgan fingerprint density at radius 2 is 0.861 bits per heavy atom. The first-order valence-corrected chi connectivity index (χ1v) is 24.8. The van der Waals surface area contributed by atoms with Gasteiger partial charge in [0.05, 0.1) is 39.1 Å². The van der Waals surface area contributed by atoms with E-state index in [0.29, 0.717) is 0 Å². The van der Waals surface area contributed by atoms with Crippen LogP contribution < -0.4 is 0 Å². The zero-order chi connectivity index (χ0) is 47.7. The molecule has 0 spiro atoms. The average Bonchev–Trinajstić information content (AvgIpc) is 3.88. The zero-order valence-corrected chi connectivity index (χ0v) is 39.7. The van der Waals surface area contributed by atoms with Gasteiger partial charge in [-0.05, 0) is 137 Å². The summed E-state index contributed by atoms with van der Waals surface area (Å²) in [5.41, 5.74) is 18.9. The van der Waals surface area contributed by atoms with Crippen LogP contribution in [0, 0.1) is 0 Å². The smallest absolute Gasteiger partial charge is 0.0795 e. The highest BCUT2D eigenvalue weighted by atomic mass is 15.0. The fourth-order valence-electron chi connectivity index (χ4n) is 12.2. The number of pyridine rings is 3. The Kier molecular flexibility index (Phi) is 8.67. The van der Waals surface area contributed by atoms with Crippen molar-refractivity contribution in [3.63, 3.8) is 0 Å². The highest BCUT2D eigenvalue weighted by Gasteiger charge is 2.35. The Hall–Kier alpha value is -9.25. The van der Waals surface area contributed by atoms with Crippen molar-refractivity contribution in [3.8, 4) is 61.6 Å². The van der Waals surface area contributed by atoms with E-state index in [0.717, 1.165) is 61.0 Å². The molecule has 4 nitrogen and oxygen atoms in total. The molecular weight excluding hydrogens is 873 g/mol. The number of aromatic nitrogens is 4. The molecule has 0 N–H and O–H groups in total. The SMILES string of the molecule is CC1(C)c2ccccc2-c2ccc(-c3ccc4c(c3)c3ccccc3c3cc5c6cc(-c7ccccc7)ccc6n(-c6cc(-c7cccc8cccnc78)nc(-c7cccc8cccnc78)c6)c5cc43)cc21. The highest BCUT2D eigenvalue weighted by Crippen LogP contribution is 2.50. The second-order valence-corrected chi connectivity index (χ2v) is 19.9. The van der Waals surface area contributed by atoms with Crippen molar-refractivity contribution in [3.05, 3.63) is 242 Å². The molecule has 1 aliphatic rings. The fraction of sp³-hybridized carbons (Fsp3) is 0.0441. The molecule has 0 fully saturated rings. The molecule has 0 atom stereocenters. The van der Waals surface area contributed by atoms with Crippen LogP contribution in [0.25, 0.3) is 138 Å². The van der Waals surface area contributed by atoms with Crippen LogP contribution in [-0.4, -0.2) is 19.5 Å². The number of nitrogens with zero attached hydrogens (tertiary/aromatic N) is 4. The van der Waals surface area contributed by atoms with Crippen LogP contribution in [0.15, 0.2) is 231 Å². The van der Waals surface area contributed by atoms with Gasteiger partial charge in [0.25, 0.3) is 0 Å². The van der Waals surface area contributed by atoms with Gasteiger partial charge in [0.1, 0.15) is 0 Å². The van der Waals surface area contributed by atoms with Gasteiger partial charge in [-0.1, -0.05) is 172 Å². The van der Waals surface area contributed by atoms with Crippen LogP contribution >= 0.6 is 0 Å². The Balaban J connectivity index is 1.02. The van der Waals surface area contributed by atoms with E-state index in [9.17, 15) is 0 Å². The molecule has 10 aromatic carbocycles. The van der Waals surface area contributed by atoms with Crippen molar-refractivity contribution >= 4 is 75.9 Å². The van der Waals surface area contributed by atoms with E-state index in [2.05, 4.69) is 225 Å². The maximum absolute atomic E-state index is 5.50. The van der Waals surface area contributed by atoms with Crippen molar-refractivity contribution < 1.29 is 0 Å². The van der Waals surface area contributed by atoms with Crippen molar-refractivity contribution in [1.29, 1.82) is 0 Å². The van der Waals surface area contributed by atoms with Crippen molar-refractivity contribution in [2.24, 2.45) is 0 Å². The molecule has 0 bridgehead atoms. The molecule has 0 unspecified atom stereocenters. The molecule has 1 aliphatic carbocycles. The summed E-state index contributed by atoms with van der Waals surface area (Å²) in [4.78, 5) is 15.4. The second kappa shape index (κ2) is 15.4. The molecule has 14 aromatic rings. The molecule has 15 rings (SSSR count). The lowest BCUT2D eigenvalue weighted by atomic mass is 9.81. The largest absolute Gasteiger partial charge is 0.309 e. The Labute approximate surface area is 416 Å². The Bertz CT molecular complexity index is 4490. The number of benzene rings is 10. The number of hydrogen-bond donors (Lipinski definition) is 0. The summed E-state index contributed by atoms with van der Waals surface area (Å²) in [6, 6.07) is 80.1. The lowest BCUT2D eigenvalue weighted by Crippen LogP contribution is -2.14. The van der Waals surface area contributed by atoms with Crippen LogP contribution in [0.2, 0.25) is 0 Å². The van der Waals surface area contributed by atoms with Gasteiger partial charge < -0.3 is 4.57 Å². The fourth-order valence-corrected chi connectivity index (χ4v) is 12.2. The van der Waals surface area contributed by atoms with Crippen LogP contribution in [0.5, 0.6) is 0 Å². The molecule has 0 amide bonds. The summed E-state index contributed by atoms with van der Waals surface area (Å²) in [6.45, 7) is 4.72. The minimum absolute atomic E-state index is 0.0821. The summed E-state index contributed by atoms with van der Waals surface area (Å²) >= 11 is 0. The van der Waals surface area contributed by atoms with Crippen LogP contribution in [0.4, 0.5) is 0 Å². The predicted octanol–water partition coefficient (Wildman–Crippen LogP) is 17.7. The molecular formula is C68H44N4. The molecule has 336 valence electrons. The third kappa shape index (κ3) is 6.02. The van der Waals surface area contributed by atoms with Gasteiger partial charge in [-0.15, -0.1) is 0 Å². The van der Waals surface area contributed by atoms with E-state index < -0.39 is 0 Å². The molecule has 0 aliphatic heterocycles. The van der Waals surface area contributed by atoms with Crippen molar-refractivity contribution in [2.45, 2.75) is 19.3 Å². The summed E-state index contributed by atoms with van der Waals surface area (Å²) in [6.07, 6.45) is 3.74. The molecule has 4 heteroatoms. The molecule has 4 aromatic heterocycles. The monoisotopic (exact) mass is 916 g/mol. The van der Waals surface area contributed by atoms with E-state index in [1.807, 2.05) is 24.5 Å². The lowest BCUT2D eigenvalue weighted by Gasteiger charge is -2.22. The van der Waals surface area contributed by atoms with Gasteiger partial charge in [-0.2, -0.15) is 0 Å². The van der Waals surface area contributed by atoms with E-state index in [4.69, 9.17) is 15.0 Å². The quantitative estimate of drug-likeness (QED) is 0.162. The van der Waals surface area contributed by atoms with Gasteiger partial charge in [-0.25, -0.2) is 4.98 Å². The van der Waals surface area contributed by atoms with Crippen LogP contribution in [-0.2, 0) is 5.41 Å². The topological polar surface area (TPSA) is 43.6 Å². The van der Waals surface area contributed by atoms with Gasteiger partial charge in [-0.3, -0.25) is 9.97 Å². The summed E-state index contributed by atoms with van der Waals surface area (Å²) in [7, 11) is 0. The number of rotatable bonds is 5. The highest BCUT2D eigenvalue weighted by molar-refractivity contribution is 6.29. The average molecular weight is 917 g/mol. The maximum atomic E-state index is 5.50. The maximum Gasteiger partial charge on any atom is 0.0795 e. The molecule has 0 radical (unpaired) electrons. The first-order valence-electron chi connectivity index (χ1n) is 24.8. The summed E-state index contributed by atoms with van der Waals surface area (Å²) < 4.78 is 2.46.